The van der Waals surface area contributed by atoms with Crippen molar-refractivity contribution in [2.24, 2.45) is 0 Å². The van der Waals surface area contributed by atoms with Crippen LogP contribution in [0.15, 0.2) is 29.1 Å². The number of aryl methyl sites for hydroxylation is 2. The third kappa shape index (κ3) is 5.59. The molecule has 2 N–H and O–H groups in total. The highest BCUT2D eigenvalue weighted by atomic mass is 32.1. The van der Waals surface area contributed by atoms with E-state index in [0.29, 0.717) is 27.3 Å². The number of amides is 1. The Balaban J connectivity index is 1.38. The Kier molecular flexibility index (Phi) is 7.60. The number of fused-ring (bicyclic) bond motifs is 2. The molecule has 0 fully saturated rings. The average Bonchev–Trinajstić information content (AvgIpc) is 3.20. The van der Waals surface area contributed by atoms with E-state index in [4.69, 9.17) is 9.47 Å². The summed E-state index contributed by atoms with van der Waals surface area (Å²) in [5, 5.41) is 3.66. The summed E-state index contributed by atoms with van der Waals surface area (Å²) in [6, 6.07) is 6.94. The number of nitrogens with one attached hydrogen (secondary N) is 2. The smallest absolute Gasteiger partial charge is 0.341 e. The van der Waals surface area contributed by atoms with E-state index in [9.17, 15) is 19.2 Å². The van der Waals surface area contributed by atoms with Crippen LogP contribution in [0.4, 0.5) is 5.00 Å². The number of thiophene rings is 1. The van der Waals surface area contributed by atoms with E-state index in [1.165, 1.54) is 18.3 Å². The number of carbonyl (C=O) groups is 3. The second-order valence-corrected chi connectivity index (χ2v) is 9.39. The summed E-state index contributed by atoms with van der Waals surface area (Å²) < 4.78 is 10.5. The Morgan fingerprint density at radius 3 is 2.77 bits per heavy atom. The molecule has 0 saturated heterocycles. The first-order chi connectivity index (χ1) is 16.9. The summed E-state index contributed by atoms with van der Waals surface area (Å²) in [4.78, 5) is 58.0. The van der Waals surface area contributed by atoms with Gasteiger partial charge in [-0.2, -0.15) is 0 Å². The molecule has 4 rings (SSSR count). The third-order valence-corrected chi connectivity index (χ3v) is 7.00. The van der Waals surface area contributed by atoms with Crippen LogP contribution in [-0.2, 0) is 38.3 Å². The lowest BCUT2D eigenvalue weighted by Gasteiger charge is -2.14. The Morgan fingerprint density at radius 2 is 1.97 bits per heavy atom. The molecule has 1 aromatic carbocycles. The number of anilines is 1. The van der Waals surface area contributed by atoms with Gasteiger partial charge in [-0.15, -0.1) is 11.3 Å². The third-order valence-electron chi connectivity index (χ3n) is 5.79. The Hall–Kier alpha value is -3.53. The van der Waals surface area contributed by atoms with Crippen LogP contribution < -0.4 is 10.9 Å². The fourth-order valence-electron chi connectivity index (χ4n) is 4.07. The number of aromatic nitrogens is 2. The molecule has 1 aliphatic carbocycles. The van der Waals surface area contributed by atoms with Gasteiger partial charge in [0.25, 0.3) is 11.5 Å². The van der Waals surface area contributed by atoms with E-state index in [1.807, 2.05) is 0 Å². The first kappa shape index (κ1) is 24.6. The molecule has 2 heterocycles. The number of para-hydroxylation sites is 1. The van der Waals surface area contributed by atoms with Crippen molar-refractivity contribution in [1.29, 1.82) is 0 Å². The molecule has 0 radical (unpaired) electrons. The van der Waals surface area contributed by atoms with Crippen LogP contribution in [0.3, 0.4) is 0 Å². The number of nitrogens with zero attached hydrogens (tertiary/aromatic N) is 1. The number of esters is 2. The first-order valence-corrected chi connectivity index (χ1v) is 12.5. The van der Waals surface area contributed by atoms with Gasteiger partial charge in [0.05, 0.1) is 29.5 Å². The van der Waals surface area contributed by atoms with E-state index in [0.717, 1.165) is 36.1 Å². The van der Waals surface area contributed by atoms with Gasteiger partial charge in [-0.1, -0.05) is 12.1 Å². The maximum Gasteiger partial charge on any atom is 0.341 e. The minimum absolute atomic E-state index is 0.0553. The lowest BCUT2D eigenvalue weighted by atomic mass is 9.95. The molecule has 1 atom stereocenters. The summed E-state index contributed by atoms with van der Waals surface area (Å²) >= 11 is 1.38. The largest absolute Gasteiger partial charge is 0.462 e. The van der Waals surface area contributed by atoms with Gasteiger partial charge >= 0.3 is 11.9 Å². The highest BCUT2D eigenvalue weighted by Gasteiger charge is 2.28. The second kappa shape index (κ2) is 10.8. The number of aromatic amines is 1. The summed E-state index contributed by atoms with van der Waals surface area (Å²) in [7, 11) is 0. The van der Waals surface area contributed by atoms with Crippen LogP contribution in [-0.4, -0.2) is 40.5 Å². The van der Waals surface area contributed by atoms with Crippen LogP contribution in [0.1, 0.15) is 59.7 Å². The zero-order chi connectivity index (χ0) is 24.9. The molecule has 0 spiro atoms. The van der Waals surface area contributed by atoms with Crippen LogP contribution in [0.5, 0.6) is 0 Å². The molecule has 2 aromatic heterocycles. The van der Waals surface area contributed by atoms with E-state index < -0.39 is 23.9 Å². The molecule has 0 aliphatic heterocycles. The van der Waals surface area contributed by atoms with Crippen LogP contribution in [0.25, 0.3) is 10.9 Å². The molecule has 3 aromatic rings. The van der Waals surface area contributed by atoms with Gasteiger partial charge in [-0.3, -0.25) is 14.4 Å². The molecule has 0 bridgehead atoms. The molecule has 0 saturated carbocycles. The van der Waals surface area contributed by atoms with Gasteiger partial charge < -0.3 is 19.8 Å². The summed E-state index contributed by atoms with van der Waals surface area (Å²) in [6.07, 6.45) is 2.69. The van der Waals surface area contributed by atoms with Crippen molar-refractivity contribution in [3.05, 3.63) is 56.4 Å². The Morgan fingerprint density at radius 1 is 1.20 bits per heavy atom. The Labute approximate surface area is 205 Å². The minimum Gasteiger partial charge on any atom is -0.462 e. The van der Waals surface area contributed by atoms with Crippen LogP contribution in [0.2, 0.25) is 0 Å². The topological polar surface area (TPSA) is 127 Å². The van der Waals surface area contributed by atoms with E-state index in [-0.39, 0.29) is 25.0 Å². The molecular weight excluding hydrogens is 470 g/mol. The summed E-state index contributed by atoms with van der Waals surface area (Å²) in [5.74, 6) is -1.21. The van der Waals surface area contributed by atoms with Crippen molar-refractivity contribution in [3.8, 4) is 0 Å². The van der Waals surface area contributed by atoms with Gasteiger partial charge in [-0.05, 0) is 57.2 Å². The fraction of sp³-hybridized carbons (Fsp3) is 0.400. The average molecular weight is 498 g/mol. The molecular formula is C25H27N3O6S. The monoisotopic (exact) mass is 497 g/mol. The van der Waals surface area contributed by atoms with Crippen molar-refractivity contribution in [3.63, 3.8) is 0 Å². The van der Waals surface area contributed by atoms with Crippen molar-refractivity contribution >= 4 is 45.1 Å². The van der Waals surface area contributed by atoms with Crippen molar-refractivity contribution in [2.75, 3.05) is 11.9 Å². The number of rotatable bonds is 8. The molecule has 184 valence electrons. The standard InChI is InChI=1S/C25H27N3O6S/c1-3-33-25(32)21-16-9-5-7-11-18(16)35-24(21)28-22(30)14(2)34-20(29)13-12-19-26-17-10-6-4-8-15(17)23(31)27-19/h4,6,8,10,14H,3,5,7,9,11-13H2,1-2H3,(H,28,30)(H,26,27,31). The van der Waals surface area contributed by atoms with Gasteiger partial charge in [-0.25, -0.2) is 9.78 Å². The number of hydrogen-bond donors (Lipinski definition) is 2. The highest BCUT2D eigenvalue weighted by molar-refractivity contribution is 7.17. The van der Waals surface area contributed by atoms with Crippen LogP contribution in [0, 0.1) is 0 Å². The molecule has 1 aliphatic rings. The quantitative estimate of drug-likeness (QED) is 0.456. The zero-order valence-electron chi connectivity index (χ0n) is 19.6. The maximum atomic E-state index is 12.8. The van der Waals surface area contributed by atoms with E-state index in [2.05, 4.69) is 15.3 Å². The normalized spacial score (nSPS) is 13.7. The van der Waals surface area contributed by atoms with Crippen molar-refractivity contribution in [1.82, 2.24) is 9.97 Å². The highest BCUT2D eigenvalue weighted by Crippen LogP contribution is 2.38. The minimum atomic E-state index is -1.07. The van der Waals surface area contributed by atoms with Crippen LogP contribution >= 0.6 is 11.3 Å². The number of H-pyrrole nitrogens is 1. The molecule has 10 heteroatoms. The van der Waals surface area contributed by atoms with E-state index in [1.54, 1.807) is 31.2 Å². The first-order valence-electron chi connectivity index (χ1n) is 11.7. The molecule has 9 nitrogen and oxygen atoms in total. The van der Waals surface area contributed by atoms with Gasteiger partial charge in [0.15, 0.2) is 6.10 Å². The number of hydrogen-bond acceptors (Lipinski definition) is 8. The fourth-order valence-corrected chi connectivity index (χ4v) is 5.35. The van der Waals surface area contributed by atoms with Crippen molar-refractivity contribution in [2.45, 2.75) is 58.5 Å². The number of benzene rings is 1. The van der Waals surface area contributed by atoms with Gasteiger partial charge in [0.1, 0.15) is 10.8 Å². The lowest BCUT2D eigenvalue weighted by Crippen LogP contribution is -2.30. The van der Waals surface area contributed by atoms with E-state index >= 15 is 0 Å². The second-order valence-electron chi connectivity index (χ2n) is 8.29. The summed E-state index contributed by atoms with van der Waals surface area (Å²) in [5.41, 5.74) is 1.62. The predicted molar refractivity (Wildman–Crippen MR) is 132 cm³/mol. The molecule has 1 unspecified atom stereocenters. The molecule has 35 heavy (non-hydrogen) atoms. The number of ether oxygens (including phenoxy) is 2. The summed E-state index contributed by atoms with van der Waals surface area (Å²) in [6.45, 7) is 3.45. The maximum absolute atomic E-state index is 12.8. The zero-order valence-corrected chi connectivity index (χ0v) is 20.5. The van der Waals surface area contributed by atoms with Crippen molar-refractivity contribution < 1.29 is 23.9 Å². The van der Waals surface area contributed by atoms with Gasteiger partial charge in [0, 0.05) is 11.3 Å². The van der Waals surface area contributed by atoms with Gasteiger partial charge in [0.2, 0.25) is 0 Å². The predicted octanol–water partition coefficient (Wildman–Crippen LogP) is 3.54. The Bertz CT molecular complexity index is 1330. The molecule has 1 amide bonds. The SMILES string of the molecule is CCOC(=O)c1c(NC(=O)C(C)OC(=O)CCc2nc3ccccc3c(=O)[nH]2)sc2c1CCCC2. The number of carbonyl (C=O) groups excluding carboxylic acids is 3. The lowest BCUT2D eigenvalue weighted by molar-refractivity contribution is -0.153.